The van der Waals surface area contributed by atoms with Crippen molar-refractivity contribution in [3.63, 3.8) is 0 Å². The fourth-order valence-electron chi connectivity index (χ4n) is 3.45. The molecule has 2 aliphatic heterocycles. The first kappa shape index (κ1) is 17.7. The predicted molar refractivity (Wildman–Crippen MR) is 99.4 cm³/mol. The maximum Gasteiger partial charge on any atom is 0.317 e. The first-order valence-corrected chi connectivity index (χ1v) is 9.49. The molecule has 9 heteroatoms. The van der Waals surface area contributed by atoms with E-state index in [1.165, 1.54) is 12.8 Å². The Hall–Kier alpha value is -2.68. The molecule has 144 valence electrons. The minimum Gasteiger partial charge on any atom is -0.368 e. The van der Waals surface area contributed by atoms with E-state index < -0.39 is 0 Å². The van der Waals surface area contributed by atoms with E-state index in [1.54, 1.807) is 22.0 Å². The molecule has 1 atom stereocenters. The van der Waals surface area contributed by atoms with Crippen molar-refractivity contribution in [1.29, 1.82) is 0 Å². The van der Waals surface area contributed by atoms with Gasteiger partial charge in [-0.05, 0) is 25.0 Å². The number of urea groups is 1. The van der Waals surface area contributed by atoms with Crippen LogP contribution < -0.4 is 10.2 Å². The summed E-state index contributed by atoms with van der Waals surface area (Å²) < 4.78 is 7.68. The zero-order chi connectivity index (χ0) is 18.5. The molecule has 2 aromatic heterocycles. The third kappa shape index (κ3) is 4.36. The standard InChI is InChI=1S/C18H25N7O2/c26-18(20-7-11-25-10-3-5-21-25)24-12-13-27-16(14-24)15-4-6-19-17(22-15)23-8-1-2-9-23/h3-6,10,16H,1-2,7-9,11-14H2,(H,20,26)/t16-/m1/s1. The molecule has 2 aliphatic rings. The van der Waals surface area contributed by atoms with E-state index in [4.69, 9.17) is 4.74 Å². The fourth-order valence-corrected chi connectivity index (χ4v) is 3.45. The monoisotopic (exact) mass is 371 g/mol. The Kier molecular flexibility index (Phi) is 5.47. The first-order valence-electron chi connectivity index (χ1n) is 9.49. The van der Waals surface area contributed by atoms with Crippen LogP contribution in [0, 0.1) is 0 Å². The molecule has 0 radical (unpaired) electrons. The van der Waals surface area contributed by atoms with Gasteiger partial charge in [-0.3, -0.25) is 4.68 Å². The highest BCUT2D eigenvalue weighted by molar-refractivity contribution is 5.74. The van der Waals surface area contributed by atoms with Crippen LogP contribution in [-0.2, 0) is 11.3 Å². The summed E-state index contributed by atoms with van der Waals surface area (Å²) in [5.74, 6) is 0.759. The molecule has 27 heavy (non-hydrogen) atoms. The first-order chi connectivity index (χ1) is 13.3. The molecule has 0 aromatic carbocycles. The van der Waals surface area contributed by atoms with Gasteiger partial charge in [0, 0.05) is 44.8 Å². The summed E-state index contributed by atoms with van der Waals surface area (Å²) >= 11 is 0. The van der Waals surface area contributed by atoms with E-state index in [9.17, 15) is 4.79 Å². The van der Waals surface area contributed by atoms with Gasteiger partial charge >= 0.3 is 6.03 Å². The van der Waals surface area contributed by atoms with Crippen LogP contribution in [0.25, 0.3) is 0 Å². The largest absolute Gasteiger partial charge is 0.368 e. The number of hydrogen-bond acceptors (Lipinski definition) is 6. The van der Waals surface area contributed by atoms with Crippen LogP contribution in [0.15, 0.2) is 30.7 Å². The predicted octanol–water partition coefficient (Wildman–Crippen LogP) is 1.06. The highest BCUT2D eigenvalue weighted by Crippen LogP contribution is 2.23. The van der Waals surface area contributed by atoms with Gasteiger partial charge in [0.1, 0.15) is 6.10 Å². The van der Waals surface area contributed by atoms with Gasteiger partial charge in [0.15, 0.2) is 0 Å². The minimum absolute atomic E-state index is 0.0794. The van der Waals surface area contributed by atoms with E-state index in [1.807, 2.05) is 18.3 Å². The van der Waals surface area contributed by atoms with Gasteiger partial charge in [-0.15, -0.1) is 0 Å². The Morgan fingerprint density at radius 1 is 1.26 bits per heavy atom. The second-order valence-corrected chi connectivity index (χ2v) is 6.78. The van der Waals surface area contributed by atoms with Gasteiger partial charge in [0.2, 0.25) is 5.95 Å². The molecular weight excluding hydrogens is 346 g/mol. The van der Waals surface area contributed by atoms with Crippen LogP contribution in [0.5, 0.6) is 0 Å². The van der Waals surface area contributed by atoms with Crippen LogP contribution in [0.2, 0.25) is 0 Å². The molecule has 4 heterocycles. The number of aromatic nitrogens is 4. The Morgan fingerprint density at radius 2 is 2.15 bits per heavy atom. The molecule has 0 saturated carbocycles. The van der Waals surface area contributed by atoms with Gasteiger partial charge in [0.05, 0.1) is 25.4 Å². The van der Waals surface area contributed by atoms with Crippen molar-refractivity contribution in [2.75, 3.05) is 44.2 Å². The average molecular weight is 371 g/mol. The van der Waals surface area contributed by atoms with Crippen molar-refractivity contribution < 1.29 is 9.53 Å². The van der Waals surface area contributed by atoms with Gasteiger partial charge < -0.3 is 19.9 Å². The normalized spacial score (nSPS) is 20.1. The van der Waals surface area contributed by atoms with Gasteiger partial charge in [0.25, 0.3) is 0 Å². The van der Waals surface area contributed by atoms with E-state index in [2.05, 4.69) is 25.3 Å². The quantitative estimate of drug-likeness (QED) is 0.845. The summed E-state index contributed by atoms with van der Waals surface area (Å²) in [5, 5.41) is 7.08. The summed E-state index contributed by atoms with van der Waals surface area (Å²) in [4.78, 5) is 25.5. The fraction of sp³-hybridized carbons (Fsp3) is 0.556. The van der Waals surface area contributed by atoms with Crippen molar-refractivity contribution in [3.05, 3.63) is 36.4 Å². The zero-order valence-electron chi connectivity index (χ0n) is 15.3. The van der Waals surface area contributed by atoms with Gasteiger partial charge in [-0.2, -0.15) is 5.10 Å². The molecule has 0 bridgehead atoms. The molecule has 2 fully saturated rings. The summed E-state index contributed by atoms with van der Waals surface area (Å²) in [7, 11) is 0. The molecular formula is C18H25N7O2. The maximum absolute atomic E-state index is 12.5. The maximum atomic E-state index is 12.5. The Bertz CT molecular complexity index is 746. The number of amides is 2. The molecule has 0 spiro atoms. The van der Waals surface area contributed by atoms with Crippen molar-refractivity contribution in [2.45, 2.75) is 25.5 Å². The molecule has 2 amide bonds. The molecule has 9 nitrogen and oxygen atoms in total. The number of nitrogens with one attached hydrogen (secondary N) is 1. The van der Waals surface area contributed by atoms with Gasteiger partial charge in [-0.1, -0.05) is 0 Å². The van der Waals surface area contributed by atoms with Crippen molar-refractivity contribution in [1.82, 2.24) is 30.0 Å². The SMILES string of the molecule is O=C(NCCn1cccn1)N1CCO[C@@H](c2ccnc(N3CCCC3)n2)C1. The Labute approximate surface area is 158 Å². The summed E-state index contributed by atoms with van der Waals surface area (Å²) in [6.07, 6.45) is 7.53. The van der Waals surface area contributed by atoms with E-state index in [0.717, 1.165) is 24.7 Å². The number of carbonyl (C=O) groups excluding carboxylic acids is 1. The Morgan fingerprint density at radius 3 is 2.96 bits per heavy atom. The third-order valence-electron chi connectivity index (χ3n) is 4.91. The lowest BCUT2D eigenvalue weighted by Crippen LogP contribution is -2.47. The number of morpholine rings is 1. The number of rotatable bonds is 5. The molecule has 0 unspecified atom stereocenters. The van der Waals surface area contributed by atoms with Crippen LogP contribution in [0.3, 0.4) is 0 Å². The van der Waals surface area contributed by atoms with E-state index in [0.29, 0.717) is 32.8 Å². The molecule has 4 rings (SSSR count). The molecule has 1 N–H and O–H groups in total. The zero-order valence-corrected chi connectivity index (χ0v) is 15.3. The second kappa shape index (κ2) is 8.34. The van der Waals surface area contributed by atoms with E-state index >= 15 is 0 Å². The summed E-state index contributed by atoms with van der Waals surface area (Å²) in [5.41, 5.74) is 0.834. The number of ether oxygens (including phenoxy) is 1. The van der Waals surface area contributed by atoms with Crippen molar-refractivity contribution >= 4 is 12.0 Å². The van der Waals surface area contributed by atoms with Crippen molar-refractivity contribution in [2.24, 2.45) is 0 Å². The van der Waals surface area contributed by atoms with Crippen LogP contribution in [0.4, 0.5) is 10.7 Å². The smallest absolute Gasteiger partial charge is 0.317 e. The average Bonchev–Trinajstić information content (AvgIpc) is 3.42. The number of carbonyl (C=O) groups is 1. The molecule has 2 saturated heterocycles. The highest BCUT2D eigenvalue weighted by atomic mass is 16.5. The lowest BCUT2D eigenvalue weighted by Gasteiger charge is -2.33. The van der Waals surface area contributed by atoms with Crippen molar-refractivity contribution in [3.8, 4) is 0 Å². The topological polar surface area (TPSA) is 88.4 Å². The van der Waals surface area contributed by atoms with Crippen LogP contribution in [0.1, 0.15) is 24.6 Å². The van der Waals surface area contributed by atoms with Crippen LogP contribution in [-0.4, -0.2) is 70.0 Å². The molecule has 0 aliphatic carbocycles. The second-order valence-electron chi connectivity index (χ2n) is 6.78. The Balaban J connectivity index is 1.33. The summed E-state index contributed by atoms with van der Waals surface area (Å²) in [6, 6.07) is 3.67. The van der Waals surface area contributed by atoms with Gasteiger partial charge in [-0.25, -0.2) is 14.8 Å². The number of anilines is 1. The summed E-state index contributed by atoms with van der Waals surface area (Å²) in [6.45, 7) is 4.75. The number of nitrogens with zero attached hydrogens (tertiary/aromatic N) is 6. The lowest BCUT2D eigenvalue weighted by molar-refractivity contribution is -0.0176. The third-order valence-corrected chi connectivity index (χ3v) is 4.91. The lowest BCUT2D eigenvalue weighted by atomic mass is 10.2. The molecule has 2 aromatic rings. The van der Waals surface area contributed by atoms with Crippen LogP contribution >= 0.6 is 0 Å². The minimum atomic E-state index is -0.222. The highest BCUT2D eigenvalue weighted by Gasteiger charge is 2.27. The van der Waals surface area contributed by atoms with E-state index in [-0.39, 0.29) is 12.1 Å². The number of hydrogen-bond donors (Lipinski definition) is 1.